The zero-order chi connectivity index (χ0) is 27.5. The first-order valence-corrected chi connectivity index (χ1v) is 11.8. The number of carbonyl (C=O) groups excluding carboxylic acids is 4. The van der Waals surface area contributed by atoms with Crippen LogP contribution in [0.15, 0.2) is 12.2 Å². The second-order valence-corrected chi connectivity index (χ2v) is 9.38. The minimum atomic E-state index is -1.10. The predicted molar refractivity (Wildman–Crippen MR) is 131 cm³/mol. The molecule has 0 aliphatic rings. The number of primary amides is 1. The van der Waals surface area contributed by atoms with Gasteiger partial charge in [0.05, 0.1) is 12.5 Å². The first kappa shape index (κ1) is 32.0. The topological polar surface area (TPSA) is 170 Å². The molecular formula is C24H42N4O7. The number of hydrogen-bond acceptors (Lipinski definition) is 6. The van der Waals surface area contributed by atoms with Gasteiger partial charge >= 0.3 is 5.97 Å². The van der Waals surface area contributed by atoms with E-state index in [9.17, 15) is 29.1 Å². The van der Waals surface area contributed by atoms with E-state index >= 15 is 0 Å². The maximum Gasteiger partial charge on any atom is 0.327 e. The lowest BCUT2D eigenvalue weighted by molar-refractivity contribution is -0.148. The highest BCUT2D eigenvalue weighted by atomic mass is 16.4. The van der Waals surface area contributed by atoms with E-state index in [1.54, 1.807) is 13.8 Å². The van der Waals surface area contributed by atoms with Crippen molar-refractivity contribution in [1.82, 2.24) is 15.1 Å². The van der Waals surface area contributed by atoms with Crippen LogP contribution in [0.2, 0.25) is 0 Å². The van der Waals surface area contributed by atoms with Crippen molar-refractivity contribution in [2.75, 3.05) is 14.1 Å². The average molecular weight is 499 g/mol. The van der Waals surface area contributed by atoms with Crippen molar-refractivity contribution in [3.8, 4) is 0 Å². The van der Waals surface area contributed by atoms with Crippen LogP contribution in [-0.2, 0) is 24.0 Å². The summed E-state index contributed by atoms with van der Waals surface area (Å²) in [5, 5.41) is 21.5. The third-order valence-electron chi connectivity index (χ3n) is 5.99. The van der Waals surface area contributed by atoms with Gasteiger partial charge in [0.2, 0.25) is 23.6 Å². The maximum atomic E-state index is 13.0. The zero-order valence-electron chi connectivity index (χ0n) is 21.9. The first-order chi connectivity index (χ1) is 16.1. The SMILES string of the molecule is CC[C@H](NC(=O)C[C@H](O)[C@H](C)C/C=C/C(=O)O)C(=O)N(C)[C@H](C)C(=O)N(C)[C@@H](CC(C)C)C(N)=O. The van der Waals surface area contributed by atoms with Gasteiger partial charge in [0.15, 0.2) is 0 Å². The summed E-state index contributed by atoms with van der Waals surface area (Å²) in [4.78, 5) is 63.3. The number of aliphatic hydroxyl groups excluding tert-OH is 1. The van der Waals surface area contributed by atoms with Crippen LogP contribution >= 0.6 is 0 Å². The number of nitrogens with zero attached hydrogens (tertiary/aromatic N) is 2. The van der Waals surface area contributed by atoms with E-state index in [4.69, 9.17) is 10.8 Å². The number of aliphatic hydroxyl groups is 1. The largest absolute Gasteiger partial charge is 0.478 e. The van der Waals surface area contributed by atoms with Gasteiger partial charge in [-0.1, -0.05) is 33.8 Å². The first-order valence-electron chi connectivity index (χ1n) is 11.8. The van der Waals surface area contributed by atoms with Gasteiger partial charge in [-0.3, -0.25) is 19.2 Å². The van der Waals surface area contributed by atoms with E-state index in [2.05, 4.69) is 5.32 Å². The number of rotatable bonds is 15. The standard InChI is InChI=1S/C24H42N4O7/c1-8-17(26-20(30)13-19(29)15(4)10-9-11-21(31)32)24(35)27(6)16(5)23(34)28(7)18(22(25)33)12-14(2)3/h9,11,14-19,29H,8,10,12-13H2,1-7H3,(H2,25,33)(H,26,30)(H,31,32)/b11-9+/t15-,16-,17+,18+,19+/m1/s1. The third kappa shape index (κ3) is 10.9. The third-order valence-corrected chi connectivity index (χ3v) is 5.99. The molecule has 0 aromatic heterocycles. The van der Waals surface area contributed by atoms with Gasteiger partial charge in [0.25, 0.3) is 0 Å². The van der Waals surface area contributed by atoms with Crippen LogP contribution in [-0.4, -0.2) is 87.9 Å². The zero-order valence-corrected chi connectivity index (χ0v) is 21.9. The molecule has 0 saturated heterocycles. The van der Waals surface area contributed by atoms with E-state index in [-0.39, 0.29) is 31.1 Å². The quantitative estimate of drug-likeness (QED) is 0.238. The molecule has 0 aromatic carbocycles. The van der Waals surface area contributed by atoms with Crippen molar-refractivity contribution in [1.29, 1.82) is 0 Å². The molecule has 0 aromatic rings. The molecule has 0 saturated carbocycles. The minimum absolute atomic E-state index is 0.128. The maximum absolute atomic E-state index is 13.0. The van der Waals surface area contributed by atoms with Gasteiger partial charge in [0.1, 0.15) is 18.1 Å². The average Bonchev–Trinajstić information content (AvgIpc) is 2.77. The molecule has 0 bridgehead atoms. The number of amides is 4. The Balaban J connectivity index is 5.15. The number of hydrogen-bond donors (Lipinski definition) is 4. The van der Waals surface area contributed by atoms with E-state index in [1.165, 1.54) is 36.9 Å². The van der Waals surface area contributed by atoms with Gasteiger partial charge in [-0.2, -0.15) is 0 Å². The number of allylic oxidation sites excluding steroid dienone is 1. The van der Waals surface area contributed by atoms with E-state index < -0.39 is 53.8 Å². The Kier molecular flexibility index (Phi) is 13.9. The molecule has 0 aliphatic carbocycles. The Morgan fingerprint density at radius 2 is 1.57 bits per heavy atom. The highest BCUT2D eigenvalue weighted by Crippen LogP contribution is 2.15. The molecule has 11 nitrogen and oxygen atoms in total. The molecule has 0 fully saturated rings. The monoisotopic (exact) mass is 498 g/mol. The molecule has 4 amide bonds. The number of carboxylic acid groups (broad SMARTS) is 1. The fraction of sp³-hybridized carbons (Fsp3) is 0.708. The molecule has 200 valence electrons. The molecule has 11 heteroatoms. The van der Waals surface area contributed by atoms with Gasteiger partial charge in [0, 0.05) is 20.2 Å². The molecular weight excluding hydrogens is 456 g/mol. The molecule has 35 heavy (non-hydrogen) atoms. The lowest BCUT2D eigenvalue weighted by Crippen LogP contribution is -2.56. The summed E-state index contributed by atoms with van der Waals surface area (Å²) >= 11 is 0. The lowest BCUT2D eigenvalue weighted by atomic mass is 9.97. The fourth-order valence-electron chi connectivity index (χ4n) is 3.49. The van der Waals surface area contributed by atoms with E-state index in [0.717, 1.165) is 6.08 Å². The van der Waals surface area contributed by atoms with Crippen LogP contribution in [0.25, 0.3) is 0 Å². The molecule has 0 radical (unpaired) electrons. The van der Waals surface area contributed by atoms with Gasteiger partial charge < -0.3 is 31.1 Å². The van der Waals surface area contributed by atoms with Crippen LogP contribution < -0.4 is 11.1 Å². The van der Waals surface area contributed by atoms with Crippen molar-refractivity contribution in [3.05, 3.63) is 12.2 Å². The van der Waals surface area contributed by atoms with Gasteiger partial charge in [-0.15, -0.1) is 0 Å². The Morgan fingerprint density at radius 1 is 1.00 bits per heavy atom. The Morgan fingerprint density at radius 3 is 2.03 bits per heavy atom. The van der Waals surface area contributed by atoms with Crippen LogP contribution in [0.5, 0.6) is 0 Å². The van der Waals surface area contributed by atoms with E-state index in [0.29, 0.717) is 6.42 Å². The van der Waals surface area contributed by atoms with Gasteiger partial charge in [-0.25, -0.2) is 4.79 Å². The molecule has 0 rings (SSSR count). The highest BCUT2D eigenvalue weighted by molar-refractivity contribution is 5.93. The number of carboxylic acids is 1. The molecule has 5 N–H and O–H groups in total. The predicted octanol–water partition coefficient (Wildman–Crippen LogP) is 0.505. The summed E-state index contributed by atoms with van der Waals surface area (Å²) in [6.07, 6.45) is 2.01. The van der Waals surface area contributed by atoms with Gasteiger partial charge in [-0.05, 0) is 38.0 Å². The second-order valence-electron chi connectivity index (χ2n) is 9.38. The minimum Gasteiger partial charge on any atom is -0.478 e. The summed E-state index contributed by atoms with van der Waals surface area (Å²) in [7, 11) is 2.92. The lowest BCUT2D eigenvalue weighted by Gasteiger charge is -2.34. The van der Waals surface area contributed by atoms with Crippen molar-refractivity contribution in [2.24, 2.45) is 17.6 Å². The van der Waals surface area contributed by atoms with Crippen molar-refractivity contribution >= 4 is 29.6 Å². The summed E-state index contributed by atoms with van der Waals surface area (Å²) in [5.41, 5.74) is 5.47. The summed E-state index contributed by atoms with van der Waals surface area (Å²) in [6, 6.07) is -2.62. The molecule has 0 aliphatic heterocycles. The summed E-state index contributed by atoms with van der Waals surface area (Å²) in [5.74, 6) is -3.44. The smallest absolute Gasteiger partial charge is 0.327 e. The second kappa shape index (κ2) is 15.1. The summed E-state index contributed by atoms with van der Waals surface area (Å²) in [6.45, 7) is 8.74. The van der Waals surface area contributed by atoms with Crippen LogP contribution in [0.3, 0.4) is 0 Å². The molecule has 5 atom stereocenters. The number of nitrogens with two attached hydrogens (primary N) is 1. The molecule has 0 unspecified atom stereocenters. The van der Waals surface area contributed by atoms with Crippen molar-refractivity contribution in [2.45, 2.75) is 84.5 Å². The van der Waals surface area contributed by atoms with Crippen LogP contribution in [0.1, 0.15) is 60.3 Å². The number of carbonyl (C=O) groups is 5. The normalized spacial score (nSPS) is 15.7. The van der Waals surface area contributed by atoms with E-state index in [1.807, 2.05) is 13.8 Å². The Bertz CT molecular complexity index is 784. The molecule has 0 heterocycles. The number of likely N-dealkylation sites (N-methyl/N-ethyl adjacent to an activating group) is 2. The Hall–Kier alpha value is -2.95. The van der Waals surface area contributed by atoms with Crippen LogP contribution in [0, 0.1) is 11.8 Å². The van der Waals surface area contributed by atoms with Crippen LogP contribution in [0.4, 0.5) is 0 Å². The number of nitrogens with one attached hydrogen (secondary N) is 1. The van der Waals surface area contributed by atoms with Crippen molar-refractivity contribution in [3.63, 3.8) is 0 Å². The summed E-state index contributed by atoms with van der Waals surface area (Å²) < 4.78 is 0. The molecule has 0 spiro atoms. The number of aliphatic carboxylic acids is 1. The Labute approximate surface area is 207 Å². The van der Waals surface area contributed by atoms with Crippen molar-refractivity contribution < 1.29 is 34.2 Å². The fourth-order valence-corrected chi connectivity index (χ4v) is 3.49. The highest BCUT2D eigenvalue weighted by Gasteiger charge is 2.34.